The van der Waals surface area contributed by atoms with Crippen LogP contribution >= 0.6 is 0 Å². The van der Waals surface area contributed by atoms with E-state index in [1.807, 2.05) is 0 Å². The third-order valence-corrected chi connectivity index (χ3v) is 3.24. The standard InChI is InChI=1S/C14H21FN2/c15-7-1-2-13-3-5-14(6-4-13)12-17-10-8-16-9-11-17/h3-6,16H,1-2,7-12H2. The average Bonchev–Trinajstić information content (AvgIpc) is 2.39. The first-order valence-electron chi connectivity index (χ1n) is 6.45. The molecule has 1 heterocycles. The molecule has 1 aliphatic rings. The number of aryl methyl sites for hydroxylation is 1. The Morgan fingerprint density at radius 3 is 2.35 bits per heavy atom. The normalized spacial score (nSPS) is 17.2. The number of nitrogens with zero attached hydrogens (tertiary/aromatic N) is 1. The van der Waals surface area contributed by atoms with Crippen LogP contribution in [0.5, 0.6) is 0 Å². The summed E-state index contributed by atoms with van der Waals surface area (Å²) in [5.41, 5.74) is 2.60. The number of benzene rings is 1. The van der Waals surface area contributed by atoms with Gasteiger partial charge in [-0.2, -0.15) is 0 Å². The smallest absolute Gasteiger partial charge is 0.0897 e. The van der Waals surface area contributed by atoms with Crippen molar-refractivity contribution in [1.82, 2.24) is 10.2 Å². The molecular weight excluding hydrogens is 215 g/mol. The van der Waals surface area contributed by atoms with Crippen molar-refractivity contribution in [2.24, 2.45) is 0 Å². The molecule has 1 aliphatic heterocycles. The zero-order valence-electron chi connectivity index (χ0n) is 10.3. The van der Waals surface area contributed by atoms with Gasteiger partial charge in [-0.1, -0.05) is 24.3 Å². The molecule has 0 saturated carbocycles. The SMILES string of the molecule is FCCCc1ccc(CN2CCNCC2)cc1. The van der Waals surface area contributed by atoms with Crippen molar-refractivity contribution in [3.05, 3.63) is 35.4 Å². The van der Waals surface area contributed by atoms with Gasteiger partial charge in [0, 0.05) is 32.7 Å². The van der Waals surface area contributed by atoms with Crippen LogP contribution in [0.3, 0.4) is 0 Å². The third kappa shape index (κ3) is 4.10. The van der Waals surface area contributed by atoms with E-state index in [2.05, 4.69) is 34.5 Å². The highest BCUT2D eigenvalue weighted by atomic mass is 19.1. The molecule has 0 bridgehead atoms. The lowest BCUT2D eigenvalue weighted by atomic mass is 10.1. The molecule has 1 N–H and O–H groups in total. The second-order valence-electron chi connectivity index (χ2n) is 4.64. The van der Waals surface area contributed by atoms with E-state index in [-0.39, 0.29) is 6.67 Å². The fourth-order valence-electron chi connectivity index (χ4n) is 2.21. The van der Waals surface area contributed by atoms with Gasteiger partial charge >= 0.3 is 0 Å². The predicted molar refractivity (Wildman–Crippen MR) is 68.9 cm³/mol. The van der Waals surface area contributed by atoms with Crippen molar-refractivity contribution in [1.29, 1.82) is 0 Å². The van der Waals surface area contributed by atoms with Crippen LogP contribution in [0.4, 0.5) is 4.39 Å². The van der Waals surface area contributed by atoms with Gasteiger partial charge in [-0.05, 0) is 24.0 Å². The van der Waals surface area contributed by atoms with E-state index in [4.69, 9.17) is 0 Å². The first-order chi connectivity index (χ1) is 8.38. The minimum atomic E-state index is -0.220. The number of rotatable bonds is 5. The van der Waals surface area contributed by atoms with Gasteiger partial charge in [0.25, 0.3) is 0 Å². The highest BCUT2D eigenvalue weighted by Gasteiger charge is 2.09. The minimum Gasteiger partial charge on any atom is -0.314 e. The van der Waals surface area contributed by atoms with Crippen LogP contribution in [0.1, 0.15) is 17.5 Å². The highest BCUT2D eigenvalue weighted by molar-refractivity contribution is 5.22. The topological polar surface area (TPSA) is 15.3 Å². The summed E-state index contributed by atoms with van der Waals surface area (Å²) in [4.78, 5) is 2.47. The maximum absolute atomic E-state index is 12.1. The summed E-state index contributed by atoms with van der Waals surface area (Å²) in [7, 11) is 0. The number of alkyl halides is 1. The zero-order chi connectivity index (χ0) is 11.9. The molecule has 94 valence electrons. The molecule has 0 unspecified atom stereocenters. The summed E-state index contributed by atoms with van der Waals surface area (Å²) in [5, 5.41) is 3.36. The van der Waals surface area contributed by atoms with E-state index in [1.165, 1.54) is 11.1 Å². The van der Waals surface area contributed by atoms with Gasteiger partial charge in [-0.3, -0.25) is 9.29 Å². The molecule has 2 nitrogen and oxygen atoms in total. The first-order valence-corrected chi connectivity index (χ1v) is 6.45. The van der Waals surface area contributed by atoms with Gasteiger partial charge in [-0.15, -0.1) is 0 Å². The molecule has 3 heteroatoms. The molecule has 0 aliphatic carbocycles. The predicted octanol–water partition coefficient (Wildman–Crippen LogP) is 1.99. The molecule has 0 atom stereocenters. The number of hydrogen-bond donors (Lipinski definition) is 1. The van der Waals surface area contributed by atoms with Crippen LogP contribution < -0.4 is 5.32 Å². The molecule has 1 aromatic carbocycles. The van der Waals surface area contributed by atoms with Crippen molar-refractivity contribution in [3.8, 4) is 0 Å². The van der Waals surface area contributed by atoms with Gasteiger partial charge in [0.1, 0.15) is 0 Å². The van der Waals surface area contributed by atoms with E-state index in [1.54, 1.807) is 0 Å². The van der Waals surface area contributed by atoms with Crippen molar-refractivity contribution < 1.29 is 4.39 Å². The monoisotopic (exact) mass is 236 g/mol. The molecular formula is C14H21FN2. The molecule has 17 heavy (non-hydrogen) atoms. The Hall–Kier alpha value is -0.930. The first kappa shape index (κ1) is 12.5. The maximum atomic E-state index is 12.1. The van der Waals surface area contributed by atoms with Gasteiger partial charge < -0.3 is 5.32 Å². The Kier molecular flexibility index (Phi) is 4.95. The van der Waals surface area contributed by atoms with Crippen molar-refractivity contribution >= 4 is 0 Å². The fraction of sp³-hybridized carbons (Fsp3) is 0.571. The van der Waals surface area contributed by atoms with Crippen LogP contribution in [-0.4, -0.2) is 37.8 Å². The van der Waals surface area contributed by atoms with Crippen LogP contribution in [-0.2, 0) is 13.0 Å². The molecule has 1 aromatic rings. The van der Waals surface area contributed by atoms with E-state index >= 15 is 0 Å². The summed E-state index contributed by atoms with van der Waals surface area (Å²) in [6.45, 7) is 5.25. The van der Waals surface area contributed by atoms with Gasteiger partial charge in [-0.25, -0.2) is 0 Å². The summed E-state index contributed by atoms with van der Waals surface area (Å²) in [5.74, 6) is 0. The maximum Gasteiger partial charge on any atom is 0.0897 e. The van der Waals surface area contributed by atoms with Crippen molar-refractivity contribution in [2.45, 2.75) is 19.4 Å². The second kappa shape index (κ2) is 6.72. The zero-order valence-corrected chi connectivity index (χ0v) is 10.3. The van der Waals surface area contributed by atoms with Crippen LogP contribution in [0.2, 0.25) is 0 Å². The quantitative estimate of drug-likeness (QED) is 0.841. The Morgan fingerprint density at radius 2 is 1.71 bits per heavy atom. The summed E-state index contributed by atoms with van der Waals surface area (Å²) < 4.78 is 12.1. The fourth-order valence-corrected chi connectivity index (χ4v) is 2.21. The average molecular weight is 236 g/mol. The molecule has 1 saturated heterocycles. The van der Waals surface area contributed by atoms with Gasteiger partial charge in [0.15, 0.2) is 0 Å². The number of halogens is 1. The summed E-state index contributed by atoms with van der Waals surface area (Å²) in [6, 6.07) is 8.62. The largest absolute Gasteiger partial charge is 0.314 e. The van der Waals surface area contributed by atoms with Crippen molar-refractivity contribution in [2.75, 3.05) is 32.9 Å². The Balaban J connectivity index is 1.84. The molecule has 2 rings (SSSR count). The molecule has 1 fully saturated rings. The van der Waals surface area contributed by atoms with Gasteiger partial charge in [0.05, 0.1) is 6.67 Å². The van der Waals surface area contributed by atoms with Gasteiger partial charge in [0.2, 0.25) is 0 Å². The Morgan fingerprint density at radius 1 is 1.06 bits per heavy atom. The second-order valence-corrected chi connectivity index (χ2v) is 4.64. The van der Waals surface area contributed by atoms with E-state index in [9.17, 15) is 4.39 Å². The van der Waals surface area contributed by atoms with Crippen LogP contribution in [0, 0.1) is 0 Å². The van der Waals surface area contributed by atoms with E-state index in [0.717, 1.165) is 39.1 Å². The van der Waals surface area contributed by atoms with Crippen LogP contribution in [0.25, 0.3) is 0 Å². The number of nitrogens with one attached hydrogen (secondary N) is 1. The molecule has 0 radical (unpaired) electrons. The summed E-state index contributed by atoms with van der Waals surface area (Å²) in [6.07, 6.45) is 1.49. The molecule has 0 spiro atoms. The Bertz CT molecular complexity index is 317. The summed E-state index contributed by atoms with van der Waals surface area (Å²) >= 11 is 0. The number of piperazine rings is 1. The molecule has 0 aromatic heterocycles. The lowest BCUT2D eigenvalue weighted by molar-refractivity contribution is 0.233. The lowest BCUT2D eigenvalue weighted by Crippen LogP contribution is -2.42. The molecule has 0 amide bonds. The Labute approximate surface area is 103 Å². The van der Waals surface area contributed by atoms with E-state index < -0.39 is 0 Å². The number of hydrogen-bond acceptors (Lipinski definition) is 2. The minimum absolute atomic E-state index is 0.220. The highest BCUT2D eigenvalue weighted by Crippen LogP contribution is 2.09. The lowest BCUT2D eigenvalue weighted by Gasteiger charge is -2.27. The van der Waals surface area contributed by atoms with Crippen LogP contribution in [0.15, 0.2) is 24.3 Å². The van der Waals surface area contributed by atoms with E-state index in [0.29, 0.717) is 6.42 Å². The van der Waals surface area contributed by atoms with Crippen molar-refractivity contribution in [3.63, 3.8) is 0 Å². The third-order valence-electron chi connectivity index (χ3n) is 3.24.